The van der Waals surface area contributed by atoms with Gasteiger partial charge in [-0.2, -0.15) is 0 Å². The van der Waals surface area contributed by atoms with E-state index in [-0.39, 0.29) is 5.91 Å². The summed E-state index contributed by atoms with van der Waals surface area (Å²) in [6, 6.07) is 14.3. The highest BCUT2D eigenvalue weighted by Gasteiger charge is 2.23. The zero-order valence-electron chi connectivity index (χ0n) is 16.6. The molecule has 1 saturated heterocycles. The Labute approximate surface area is 167 Å². The van der Waals surface area contributed by atoms with Crippen molar-refractivity contribution in [1.29, 1.82) is 0 Å². The lowest BCUT2D eigenvalue weighted by Gasteiger charge is -2.32. The zero-order chi connectivity index (χ0) is 19.3. The molecule has 5 heteroatoms. The van der Waals surface area contributed by atoms with Crippen LogP contribution in [-0.2, 0) is 11.2 Å². The summed E-state index contributed by atoms with van der Waals surface area (Å²) in [5, 5.41) is 3.40. The number of carbonyl (C=O) groups excluding carboxylic acids is 1. The molecule has 1 fully saturated rings. The normalized spacial score (nSPS) is 16.5. The number of rotatable bonds is 5. The second-order valence-electron chi connectivity index (χ2n) is 7.56. The highest BCUT2D eigenvalue weighted by Crippen LogP contribution is 2.31. The second kappa shape index (κ2) is 8.55. The molecule has 1 amide bonds. The van der Waals surface area contributed by atoms with Crippen molar-refractivity contribution in [3.63, 3.8) is 0 Å². The van der Waals surface area contributed by atoms with Crippen molar-refractivity contribution in [2.45, 2.75) is 32.1 Å². The van der Waals surface area contributed by atoms with E-state index in [1.54, 1.807) is 7.11 Å². The number of methoxy groups -OCH3 is 1. The van der Waals surface area contributed by atoms with Crippen molar-refractivity contribution in [2.24, 2.45) is 0 Å². The molecule has 0 radical (unpaired) electrons. The summed E-state index contributed by atoms with van der Waals surface area (Å²) in [6.45, 7) is 3.26. The van der Waals surface area contributed by atoms with Gasteiger partial charge in [0.05, 0.1) is 25.0 Å². The number of amides is 1. The third-order valence-electron chi connectivity index (χ3n) is 5.74. The Balaban J connectivity index is 1.46. The number of piperidine rings is 1. The van der Waals surface area contributed by atoms with Crippen LogP contribution in [0.4, 0.5) is 17.1 Å². The predicted octanol–water partition coefficient (Wildman–Crippen LogP) is 4.08. The molecule has 0 atom stereocenters. The van der Waals surface area contributed by atoms with Gasteiger partial charge in [0, 0.05) is 25.3 Å². The van der Waals surface area contributed by atoms with Gasteiger partial charge >= 0.3 is 0 Å². The predicted molar refractivity (Wildman–Crippen MR) is 115 cm³/mol. The van der Waals surface area contributed by atoms with Crippen LogP contribution in [0, 0.1) is 0 Å². The van der Waals surface area contributed by atoms with E-state index in [4.69, 9.17) is 4.74 Å². The molecule has 5 nitrogen and oxygen atoms in total. The average molecular weight is 380 g/mol. The standard InChI is InChI=1S/C23H29N3O2/c1-28-19-11-12-21-18(16-19)8-7-15-26(21)23(27)17-24-20-9-3-4-10-22(20)25-13-5-2-6-14-25/h3-4,9-12,16,24H,2,5-8,13-15,17H2,1H3. The Kier molecular flexibility index (Phi) is 5.70. The molecular formula is C23H29N3O2. The van der Waals surface area contributed by atoms with Crippen molar-refractivity contribution < 1.29 is 9.53 Å². The van der Waals surface area contributed by atoms with Gasteiger partial charge in [0.2, 0.25) is 5.91 Å². The van der Waals surface area contributed by atoms with Crippen LogP contribution in [0.1, 0.15) is 31.2 Å². The third-order valence-corrected chi connectivity index (χ3v) is 5.74. The first-order valence-corrected chi connectivity index (χ1v) is 10.3. The molecule has 148 valence electrons. The molecule has 0 saturated carbocycles. The topological polar surface area (TPSA) is 44.8 Å². The maximum atomic E-state index is 13.0. The van der Waals surface area contributed by atoms with Gasteiger partial charge in [-0.15, -0.1) is 0 Å². The van der Waals surface area contributed by atoms with Gasteiger partial charge < -0.3 is 19.9 Å². The fraction of sp³-hybridized carbons (Fsp3) is 0.435. The van der Waals surface area contributed by atoms with Gasteiger partial charge in [-0.25, -0.2) is 0 Å². The molecule has 0 aliphatic carbocycles. The quantitative estimate of drug-likeness (QED) is 0.850. The van der Waals surface area contributed by atoms with Crippen LogP contribution < -0.4 is 19.9 Å². The minimum Gasteiger partial charge on any atom is -0.497 e. The van der Waals surface area contributed by atoms with Gasteiger partial charge in [-0.05, 0) is 68.0 Å². The fourth-order valence-corrected chi connectivity index (χ4v) is 4.26. The molecule has 2 aliphatic heterocycles. The lowest BCUT2D eigenvalue weighted by molar-refractivity contribution is -0.117. The maximum absolute atomic E-state index is 13.0. The Morgan fingerprint density at radius 1 is 1.00 bits per heavy atom. The van der Waals surface area contributed by atoms with Crippen LogP contribution >= 0.6 is 0 Å². The van der Waals surface area contributed by atoms with Crippen molar-refractivity contribution in [3.8, 4) is 5.75 Å². The molecular weight excluding hydrogens is 350 g/mol. The number of para-hydroxylation sites is 2. The highest BCUT2D eigenvalue weighted by atomic mass is 16.5. The molecule has 1 N–H and O–H groups in total. The number of benzene rings is 2. The van der Waals surface area contributed by atoms with E-state index in [0.29, 0.717) is 6.54 Å². The van der Waals surface area contributed by atoms with E-state index in [1.165, 1.54) is 30.5 Å². The Bertz CT molecular complexity index is 830. The monoisotopic (exact) mass is 379 g/mol. The Hall–Kier alpha value is -2.69. The lowest BCUT2D eigenvalue weighted by atomic mass is 10.0. The number of nitrogens with one attached hydrogen (secondary N) is 1. The largest absolute Gasteiger partial charge is 0.497 e. The number of hydrogen-bond donors (Lipinski definition) is 1. The smallest absolute Gasteiger partial charge is 0.246 e. The minimum atomic E-state index is 0.111. The van der Waals surface area contributed by atoms with E-state index in [1.807, 2.05) is 29.2 Å². The van der Waals surface area contributed by atoms with Crippen LogP contribution in [0.2, 0.25) is 0 Å². The molecule has 2 heterocycles. The van der Waals surface area contributed by atoms with Crippen LogP contribution in [0.15, 0.2) is 42.5 Å². The molecule has 0 unspecified atom stereocenters. The van der Waals surface area contributed by atoms with E-state index < -0.39 is 0 Å². The molecule has 2 aromatic rings. The number of carbonyl (C=O) groups is 1. The van der Waals surface area contributed by atoms with E-state index >= 15 is 0 Å². The fourth-order valence-electron chi connectivity index (χ4n) is 4.26. The molecule has 0 spiro atoms. The molecule has 2 aromatic carbocycles. The van der Waals surface area contributed by atoms with Crippen LogP contribution in [-0.4, -0.2) is 39.2 Å². The van der Waals surface area contributed by atoms with Gasteiger partial charge in [0.1, 0.15) is 5.75 Å². The highest BCUT2D eigenvalue weighted by molar-refractivity contribution is 5.97. The SMILES string of the molecule is COc1ccc2c(c1)CCCN2C(=O)CNc1ccccc1N1CCCCC1. The third kappa shape index (κ3) is 3.93. The van der Waals surface area contributed by atoms with Gasteiger partial charge in [0.25, 0.3) is 0 Å². The molecule has 0 bridgehead atoms. The average Bonchev–Trinajstić information content (AvgIpc) is 2.77. The van der Waals surface area contributed by atoms with Crippen LogP contribution in [0.3, 0.4) is 0 Å². The van der Waals surface area contributed by atoms with Crippen molar-refractivity contribution >= 4 is 23.0 Å². The number of anilines is 3. The number of hydrogen-bond acceptors (Lipinski definition) is 4. The van der Waals surface area contributed by atoms with Gasteiger partial charge in [0.15, 0.2) is 0 Å². The van der Waals surface area contributed by atoms with E-state index in [2.05, 4.69) is 28.4 Å². The summed E-state index contributed by atoms with van der Waals surface area (Å²) in [4.78, 5) is 17.3. The first kappa shape index (κ1) is 18.7. The van der Waals surface area contributed by atoms with Crippen molar-refractivity contribution in [1.82, 2.24) is 0 Å². The second-order valence-corrected chi connectivity index (χ2v) is 7.56. The van der Waals surface area contributed by atoms with Crippen molar-refractivity contribution in [2.75, 3.05) is 48.4 Å². The lowest BCUT2D eigenvalue weighted by Crippen LogP contribution is -2.39. The number of ether oxygens (including phenoxy) is 1. The molecule has 4 rings (SSSR count). The summed E-state index contributed by atoms with van der Waals surface area (Å²) < 4.78 is 5.33. The summed E-state index contributed by atoms with van der Waals surface area (Å²) >= 11 is 0. The summed E-state index contributed by atoms with van der Waals surface area (Å²) in [5.41, 5.74) is 4.46. The number of aryl methyl sites for hydroxylation is 1. The summed E-state index contributed by atoms with van der Waals surface area (Å²) in [7, 11) is 1.68. The van der Waals surface area contributed by atoms with Crippen molar-refractivity contribution in [3.05, 3.63) is 48.0 Å². The van der Waals surface area contributed by atoms with Gasteiger partial charge in [-0.1, -0.05) is 12.1 Å². The zero-order valence-corrected chi connectivity index (χ0v) is 16.6. The Morgan fingerprint density at radius 2 is 1.82 bits per heavy atom. The molecule has 0 aromatic heterocycles. The number of nitrogens with zero attached hydrogens (tertiary/aromatic N) is 2. The van der Waals surface area contributed by atoms with Crippen LogP contribution in [0.25, 0.3) is 0 Å². The van der Waals surface area contributed by atoms with E-state index in [0.717, 1.165) is 49.6 Å². The van der Waals surface area contributed by atoms with E-state index in [9.17, 15) is 4.79 Å². The summed E-state index contributed by atoms with van der Waals surface area (Å²) in [6.07, 6.45) is 5.75. The maximum Gasteiger partial charge on any atom is 0.246 e. The first-order chi connectivity index (χ1) is 13.8. The summed E-state index contributed by atoms with van der Waals surface area (Å²) in [5.74, 6) is 0.959. The molecule has 28 heavy (non-hydrogen) atoms. The van der Waals surface area contributed by atoms with Gasteiger partial charge in [-0.3, -0.25) is 4.79 Å². The first-order valence-electron chi connectivity index (χ1n) is 10.3. The van der Waals surface area contributed by atoms with Crippen LogP contribution in [0.5, 0.6) is 5.75 Å². The molecule has 2 aliphatic rings. The number of fused-ring (bicyclic) bond motifs is 1. The minimum absolute atomic E-state index is 0.111. The Morgan fingerprint density at radius 3 is 2.64 bits per heavy atom.